The lowest BCUT2D eigenvalue weighted by Gasteiger charge is -2.25. The quantitative estimate of drug-likeness (QED) is 0.533. The Labute approximate surface area is 166 Å². The van der Waals surface area contributed by atoms with Crippen LogP contribution in [-0.2, 0) is 9.53 Å². The Morgan fingerprint density at radius 3 is 2.67 bits per heavy atom. The highest BCUT2D eigenvalue weighted by atomic mass is 32.2. The highest BCUT2D eigenvalue weighted by Gasteiger charge is 2.17. The van der Waals surface area contributed by atoms with Crippen molar-refractivity contribution in [2.75, 3.05) is 42.3 Å². The number of hydrogen-bond acceptors (Lipinski definition) is 8. The van der Waals surface area contributed by atoms with Crippen molar-refractivity contribution in [3.8, 4) is 0 Å². The van der Waals surface area contributed by atoms with E-state index in [1.807, 2.05) is 6.92 Å². The van der Waals surface area contributed by atoms with Crippen LogP contribution in [0.25, 0.3) is 0 Å². The van der Waals surface area contributed by atoms with Gasteiger partial charge < -0.3 is 15.0 Å². The normalized spacial score (nSPS) is 14.2. The molecule has 1 saturated heterocycles. The number of ether oxygens (including phenoxy) is 1. The number of anilines is 2. The van der Waals surface area contributed by atoms with Crippen molar-refractivity contribution in [1.82, 2.24) is 10.2 Å². The van der Waals surface area contributed by atoms with Gasteiger partial charge in [-0.15, -0.1) is 10.2 Å². The number of morpholine rings is 1. The van der Waals surface area contributed by atoms with Gasteiger partial charge in [-0.05, 0) is 30.7 Å². The van der Waals surface area contributed by atoms with E-state index >= 15 is 0 Å². The summed E-state index contributed by atoms with van der Waals surface area (Å²) in [6, 6.07) is 6.99. The van der Waals surface area contributed by atoms with Crippen molar-refractivity contribution in [1.29, 1.82) is 0 Å². The van der Waals surface area contributed by atoms with E-state index in [9.17, 15) is 9.59 Å². The maximum Gasteiger partial charge on any atom is 0.224 e. The van der Waals surface area contributed by atoms with Gasteiger partial charge in [0.1, 0.15) is 0 Å². The van der Waals surface area contributed by atoms with E-state index in [4.69, 9.17) is 4.74 Å². The molecule has 0 spiro atoms. The molecule has 0 aliphatic carbocycles. The number of aromatic nitrogens is 2. The minimum absolute atomic E-state index is 0.0144. The Balaban J connectivity index is 1.50. The largest absolute Gasteiger partial charge is 0.378 e. The maximum absolute atomic E-state index is 12.4. The van der Waals surface area contributed by atoms with Gasteiger partial charge in [0, 0.05) is 30.8 Å². The molecule has 7 nitrogen and oxygen atoms in total. The average molecular weight is 407 g/mol. The lowest BCUT2D eigenvalue weighted by molar-refractivity contribution is -0.116. The third kappa shape index (κ3) is 5.75. The fraction of sp³-hybridized carbons (Fsp3) is 0.444. The molecule has 0 atom stereocenters. The summed E-state index contributed by atoms with van der Waals surface area (Å²) in [5, 5.41) is 12.1. The fourth-order valence-corrected chi connectivity index (χ4v) is 4.33. The van der Waals surface area contributed by atoms with E-state index < -0.39 is 0 Å². The zero-order chi connectivity index (χ0) is 19.1. The van der Waals surface area contributed by atoms with Crippen LogP contribution in [-0.4, -0.2) is 53.9 Å². The van der Waals surface area contributed by atoms with E-state index in [1.54, 1.807) is 24.3 Å². The van der Waals surface area contributed by atoms with Gasteiger partial charge in [0.25, 0.3) is 0 Å². The first-order valence-electron chi connectivity index (χ1n) is 8.88. The molecule has 0 bridgehead atoms. The van der Waals surface area contributed by atoms with Crippen LogP contribution in [0.15, 0.2) is 28.6 Å². The Bertz CT molecular complexity index is 773. The van der Waals surface area contributed by atoms with Crippen LogP contribution >= 0.6 is 23.1 Å². The third-order valence-corrected chi connectivity index (χ3v) is 6.09. The van der Waals surface area contributed by atoms with Gasteiger partial charge in [-0.1, -0.05) is 30.0 Å². The van der Waals surface area contributed by atoms with E-state index in [2.05, 4.69) is 20.4 Å². The molecule has 3 rings (SSSR count). The van der Waals surface area contributed by atoms with Crippen molar-refractivity contribution >= 4 is 45.6 Å². The number of carbonyl (C=O) groups is 2. The predicted octanol–water partition coefficient (Wildman–Crippen LogP) is 3.09. The third-order valence-electron chi connectivity index (χ3n) is 3.97. The van der Waals surface area contributed by atoms with E-state index in [1.165, 1.54) is 23.1 Å². The molecule has 0 unspecified atom stereocenters. The maximum atomic E-state index is 12.4. The Morgan fingerprint density at radius 1 is 1.22 bits per heavy atom. The van der Waals surface area contributed by atoms with Crippen LogP contribution in [0.1, 0.15) is 30.1 Å². The van der Waals surface area contributed by atoms with Crippen molar-refractivity contribution < 1.29 is 14.3 Å². The number of rotatable bonds is 8. The van der Waals surface area contributed by atoms with Crippen LogP contribution in [0.3, 0.4) is 0 Å². The van der Waals surface area contributed by atoms with Gasteiger partial charge in [-0.3, -0.25) is 9.59 Å². The number of carbonyl (C=O) groups excluding carboxylic acids is 2. The van der Waals surface area contributed by atoms with E-state index in [0.717, 1.165) is 29.0 Å². The minimum atomic E-state index is -0.0144. The molecule has 144 valence electrons. The Morgan fingerprint density at radius 2 is 1.96 bits per heavy atom. The van der Waals surface area contributed by atoms with E-state index in [0.29, 0.717) is 36.6 Å². The topological polar surface area (TPSA) is 84.4 Å². The molecular formula is C18H22N4O3S2. The molecule has 27 heavy (non-hydrogen) atoms. The highest BCUT2D eigenvalue weighted by molar-refractivity contribution is 8.01. The Hall–Kier alpha value is -1.97. The zero-order valence-electron chi connectivity index (χ0n) is 15.1. The van der Waals surface area contributed by atoms with Crippen LogP contribution in [0.5, 0.6) is 0 Å². The smallest absolute Gasteiger partial charge is 0.224 e. The second-order valence-corrected chi connectivity index (χ2v) is 8.22. The molecule has 1 aliphatic rings. The Kier molecular flexibility index (Phi) is 7.19. The van der Waals surface area contributed by atoms with Crippen LogP contribution in [0.4, 0.5) is 10.8 Å². The van der Waals surface area contributed by atoms with Crippen molar-refractivity contribution in [3.05, 3.63) is 29.8 Å². The van der Waals surface area contributed by atoms with Crippen molar-refractivity contribution in [3.63, 3.8) is 0 Å². The lowest BCUT2D eigenvalue weighted by atomic mass is 10.1. The number of nitrogens with zero attached hydrogens (tertiary/aromatic N) is 3. The number of benzene rings is 1. The summed E-state index contributed by atoms with van der Waals surface area (Å²) in [5.74, 6) is 0.313. The summed E-state index contributed by atoms with van der Waals surface area (Å²) in [6.07, 6.45) is 1.30. The summed E-state index contributed by atoms with van der Waals surface area (Å²) >= 11 is 2.90. The average Bonchev–Trinajstić information content (AvgIpc) is 3.17. The molecule has 0 radical (unpaired) electrons. The number of hydrogen-bond donors (Lipinski definition) is 1. The second-order valence-electron chi connectivity index (χ2n) is 6.04. The molecule has 2 heterocycles. The molecule has 1 N–H and O–H groups in total. The van der Waals surface area contributed by atoms with Gasteiger partial charge in [-0.25, -0.2) is 0 Å². The number of Topliss-reactive ketones (excluding diaryl/α,β-unsaturated/α-hetero) is 1. The number of thioether (sulfide) groups is 1. The number of amides is 1. The summed E-state index contributed by atoms with van der Waals surface area (Å²) in [6.45, 7) is 5.00. The van der Waals surface area contributed by atoms with Crippen LogP contribution in [0, 0.1) is 0 Å². The van der Waals surface area contributed by atoms with Gasteiger partial charge >= 0.3 is 0 Å². The van der Waals surface area contributed by atoms with Crippen molar-refractivity contribution in [2.24, 2.45) is 0 Å². The zero-order valence-corrected chi connectivity index (χ0v) is 16.8. The SMILES string of the molecule is CCCC(=O)Nc1ccc(C(=O)CSc2nnc(N3CCOCC3)s2)cc1. The number of ketones is 1. The summed E-state index contributed by atoms with van der Waals surface area (Å²) < 4.78 is 6.12. The van der Waals surface area contributed by atoms with Gasteiger partial charge in [0.05, 0.1) is 19.0 Å². The van der Waals surface area contributed by atoms with Crippen LogP contribution < -0.4 is 10.2 Å². The first kappa shape index (κ1) is 19.8. The summed E-state index contributed by atoms with van der Waals surface area (Å²) in [4.78, 5) is 26.1. The van der Waals surface area contributed by atoms with Gasteiger partial charge in [-0.2, -0.15) is 0 Å². The molecule has 1 fully saturated rings. The first-order chi connectivity index (χ1) is 13.2. The van der Waals surface area contributed by atoms with E-state index in [-0.39, 0.29) is 11.7 Å². The molecule has 1 aromatic heterocycles. The standard InChI is InChI=1S/C18H22N4O3S2/c1-2-3-16(24)19-14-6-4-13(5-7-14)15(23)12-26-18-21-20-17(27-18)22-8-10-25-11-9-22/h4-7H,2-3,8-12H2,1H3,(H,19,24). The minimum Gasteiger partial charge on any atom is -0.378 e. The molecular weight excluding hydrogens is 384 g/mol. The fourth-order valence-electron chi connectivity index (χ4n) is 2.54. The number of nitrogens with one attached hydrogen (secondary N) is 1. The molecule has 1 amide bonds. The highest BCUT2D eigenvalue weighted by Crippen LogP contribution is 2.29. The predicted molar refractivity (Wildman–Crippen MR) is 108 cm³/mol. The molecule has 1 aromatic carbocycles. The molecule has 2 aromatic rings. The lowest BCUT2D eigenvalue weighted by Crippen LogP contribution is -2.36. The summed E-state index contributed by atoms with van der Waals surface area (Å²) in [7, 11) is 0. The first-order valence-corrected chi connectivity index (χ1v) is 10.7. The monoisotopic (exact) mass is 406 g/mol. The van der Waals surface area contributed by atoms with Gasteiger partial charge in [0.15, 0.2) is 10.1 Å². The molecule has 1 aliphatic heterocycles. The van der Waals surface area contributed by atoms with Crippen LogP contribution in [0.2, 0.25) is 0 Å². The summed E-state index contributed by atoms with van der Waals surface area (Å²) in [5.41, 5.74) is 1.32. The van der Waals surface area contributed by atoms with Crippen molar-refractivity contribution in [2.45, 2.75) is 24.1 Å². The molecule has 9 heteroatoms. The molecule has 0 saturated carbocycles. The van der Waals surface area contributed by atoms with Gasteiger partial charge in [0.2, 0.25) is 11.0 Å². The second kappa shape index (κ2) is 9.82.